The highest BCUT2D eigenvalue weighted by Gasteiger charge is 2.51. The molecule has 10 nitrogen and oxygen atoms in total. The molecule has 3 N–H and O–H groups in total. The first kappa shape index (κ1) is 21.9. The minimum Gasteiger partial charge on any atom is -0.454 e. The fourth-order valence-electron chi connectivity index (χ4n) is 3.88. The Labute approximate surface area is 173 Å². The number of nitrogens with zero attached hydrogens (tertiary/aromatic N) is 1. The first-order valence-corrected chi connectivity index (χ1v) is 11.1. The second kappa shape index (κ2) is 8.52. The van der Waals surface area contributed by atoms with Crippen molar-refractivity contribution >= 4 is 39.4 Å². The predicted octanol–water partition coefficient (Wildman–Crippen LogP) is 0.379. The number of rotatable bonds is 6. The highest BCUT2D eigenvalue weighted by molar-refractivity contribution is 7.89. The van der Waals surface area contributed by atoms with Crippen molar-refractivity contribution in [2.75, 3.05) is 11.9 Å². The van der Waals surface area contributed by atoms with Gasteiger partial charge in [-0.3, -0.25) is 19.3 Å². The number of amides is 3. The van der Waals surface area contributed by atoms with E-state index in [2.05, 4.69) is 5.32 Å². The van der Waals surface area contributed by atoms with Gasteiger partial charge in [0, 0.05) is 5.69 Å². The first-order valence-electron chi connectivity index (χ1n) is 9.56. The lowest BCUT2D eigenvalue weighted by atomic mass is 9.81. The third kappa shape index (κ3) is 4.51. The van der Waals surface area contributed by atoms with Crippen molar-refractivity contribution < 1.29 is 32.3 Å². The standard InChI is InChI=1S/C19H23N3O7S/c1-11(22-17(24)14-7-2-3-8-15(14)18(22)25)19(26)29-10-16(23)21-12-5-4-6-13(9-12)30(20,27)28/h4-6,9,11,14-15H,2-3,7-8,10H2,1H3,(H,21,23)(H2,20,27,28)/t11-,14?,15?/m0/s1. The average Bonchev–Trinajstić information content (AvgIpc) is 2.96. The van der Waals surface area contributed by atoms with Gasteiger partial charge in [-0.15, -0.1) is 0 Å². The molecule has 2 fully saturated rings. The normalized spacial score (nSPS) is 22.4. The smallest absolute Gasteiger partial charge is 0.329 e. The summed E-state index contributed by atoms with van der Waals surface area (Å²) in [4.78, 5) is 50.2. The molecule has 0 radical (unpaired) electrons. The van der Waals surface area contributed by atoms with Crippen LogP contribution in [0.2, 0.25) is 0 Å². The minimum absolute atomic E-state index is 0.157. The van der Waals surface area contributed by atoms with Crippen LogP contribution in [-0.2, 0) is 33.9 Å². The van der Waals surface area contributed by atoms with Crippen molar-refractivity contribution in [3.63, 3.8) is 0 Å². The zero-order chi connectivity index (χ0) is 22.1. The molecule has 30 heavy (non-hydrogen) atoms. The van der Waals surface area contributed by atoms with E-state index in [1.54, 1.807) is 0 Å². The molecule has 1 aliphatic carbocycles. The van der Waals surface area contributed by atoms with Crippen molar-refractivity contribution in [2.45, 2.75) is 43.5 Å². The summed E-state index contributed by atoms with van der Waals surface area (Å²) in [7, 11) is -3.93. The molecule has 0 bridgehead atoms. The van der Waals surface area contributed by atoms with E-state index in [9.17, 15) is 27.6 Å². The summed E-state index contributed by atoms with van der Waals surface area (Å²) >= 11 is 0. The number of ether oxygens (including phenoxy) is 1. The largest absolute Gasteiger partial charge is 0.454 e. The molecule has 162 valence electrons. The van der Waals surface area contributed by atoms with E-state index in [0.29, 0.717) is 12.8 Å². The average molecular weight is 437 g/mol. The molecule has 1 aliphatic heterocycles. The van der Waals surface area contributed by atoms with Crippen molar-refractivity contribution in [3.8, 4) is 0 Å². The summed E-state index contributed by atoms with van der Waals surface area (Å²) in [5.74, 6) is -3.07. The number of hydrogen-bond acceptors (Lipinski definition) is 7. The zero-order valence-corrected chi connectivity index (χ0v) is 17.2. The number of nitrogens with two attached hydrogens (primary N) is 1. The molecule has 1 heterocycles. The molecule has 1 saturated carbocycles. The van der Waals surface area contributed by atoms with Gasteiger partial charge in [0.1, 0.15) is 6.04 Å². The van der Waals surface area contributed by atoms with Gasteiger partial charge < -0.3 is 10.1 Å². The van der Waals surface area contributed by atoms with Gasteiger partial charge in [0.25, 0.3) is 5.91 Å². The summed E-state index contributed by atoms with van der Waals surface area (Å²) in [5.41, 5.74) is 0.157. The Bertz CT molecular complexity index is 968. The van der Waals surface area contributed by atoms with Crippen LogP contribution in [0.1, 0.15) is 32.6 Å². The van der Waals surface area contributed by atoms with Crippen molar-refractivity contribution in [3.05, 3.63) is 24.3 Å². The van der Waals surface area contributed by atoms with Crippen LogP contribution in [0.3, 0.4) is 0 Å². The van der Waals surface area contributed by atoms with Crippen LogP contribution in [0.25, 0.3) is 0 Å². The Balaban J connectivity index is 1.57. The summed E-state index contributed by atoms with van der Waals surface area (Å²) in [6.07, 6.45) is 3.01. The van der Waals surface area contributed by atoms with Gasteiger partial charge in [-0.1, -0.05) is 18.9 Å². The molecular weight excluding hydrogens is 414 g/mol. The fourth-order valence-corrected chi connectivity index (χ4v) is 4.44. The number of primary sulfonamides is 1. The SMILES string of the molecule is C[C@@H](C(=O)OCC(=O)Nc1cccc(S(N)(=O)=O)c1)N1C(=O)C2CCCCC2C1=O. The van der Waals surface area contributed by atoms with E-state index in [4.69, 9.17) is 9.88 Å². The number of hydrogen-bond donors (Lipinski definition) is 2. The fraction of sp³-hybridized carbons (Fsp3) is 0.474. The molecule has 3 amide bonds. The molecule has 2 aliphatic rings. The number of benzene rings is 1. The lowest BCUT2D eigenvalue weighted by Crippen LogP contribution is -2.45. The Morgan fingerprint density at radius 1 is 1.20 bits per heavy atom. The molecule has 1 saturated heterocycles. The van der Waals surface area contributed by atoms with Crippen LogP contribution in [0, 0.1) is 11.8 Å². The summed E-state index contributed by atoms with van der Waals surface area (Å²) in [6.45, 7) is 0.731. The van der Waals surface area contributed by atoms with E-state index in [1.807, 2.05) is 0 Å². The highest BCUT2D eigenvalue weighted by Crippen LogP contribution is 2.38. The Morgan fingerprint density at radius 3 is 2.37 bits per heavy atom. The second-order valence-corrected chi connectivity index (χ2v) is 9.01. The summed E-state index contributed by atoms with van der Waals surface area (Å²) in [5, 5.41) is 7.44. The molecule has 3 rings (SSSR count). The van der Waals surface area contributed by atoms with Crippen LogP contribution in [0.4, 0.5) is 5.69 Å². The van der Waals surface area contributed by atoms with E-state index in [-0.39, 0.29) is 34.2 Å². The zero-order valence-electron chi connectivity index (χ0n) is 16.4. The first-order chi connectivity index (χ1) is 14.1. The van der Waals surface area contributed by atoms with E-state index >= 15 is 0 Å². The monoisotopic (exact) mass is 437 g/mol. The van der Waals surface area contributed by atoms with E-state index < -0.39 is 34.5 Å². The minimum atomic E-state index is -3.93. The van der Waals surface area contributed by atoms with Gasteiger partial charge in [0.15, 0.2) is 6.61 Å². The predicted molar refractivity (Wildman–Crippen MR) is 104 cm³/mol. The molecule has 0 spiro atoms. The lowest BCUT2D eigenvalue weighted by molar-refractivity contribution is -0.159. The Hall–Kier alpha value is -2.79. The van der Waals surface area contributed by atoms with Gasteiger partial charge in [-0.05, 0) is 38.0 Å². The maximum atomic E-state index is 12.5. The van der Waals surface area contributed by atoms with Crippen LogP contribution < -0.4 is 10.5 Å². The highest BCUT2D eigenvalue weighted by atomic mass is 32.2. The van der Waals surface area contributed by atoms with Gasteiger partial charge in [0.05, 0.1) is 16.7 Å². The van der Waals surface area contributed by atoms with Crippen molar-refractivity contribution in [1.82, 2.24) is 4.90 Å². The molecule has 1 aromatic carbocycles. The molecule has 3 atom stereocenters. The summed E-state index contributed by atoms with van der Waals surface area (Å²) < 4.78 is 27.7. The van der Waals surface area contributed by atoms with Crippen LogP contribution >= 0.6 is 0 Å². The maximum absolute atomic E-state index is 12.5. The third-order valence-corrected chi connectivity index (χ3v) is 6.31. The number of sulfonamides is 1. The van der Waals surface area contributed by atoms with Crippen molar-refractivity contribution in [1.29, 1.82) is 0 Å². The van der Waals surface area contributed by atoms with Crippen LogP contribution in [0.15, 0.2) is 29.2 Å². The van der Waals surface area contributed by atoms with E-state index in [1.165, 1.54) is 31.2 Å². The number of imide groups is 1. The van der Waals surface area contributed by atoms with Gasteiger partial charge in [0.2, 0.25) is 21.8 Å². The number of likely N-dealkylation sites (tertiary alicyclic amines) is 1. The number of carbonyl (C=O) groups excluding carboxylic acids is 4. The van der Waals surface area contributed by atoms with E-state index in [0.717, 1.165) is 17.7 Å². The topological polar surface area (TPSA) is 153 Å². The molecule has 0 aromatic heterocycles. The number of esters is 1. The molecular formula is C19H23N3O7S. The number of fused-ring (bicyclic) bond motifs is 1. The number of nitrogens with one attached hydrogen (secondary N) is 1. The van der Waals surface area contributed by atoms with Gasteiger partial charge in [-0.25, -0.2) is 18.4 Å². The second-order valence-electron chi connectivity index (χ2n) is 7.45. The van der Waals surface area contributed by atoms with Crippen molar-refractivity contribution in [2.24, 2.45) is 17.0 Å². The number of anilines is 1. The number of carbonyl (C=O) groups is 4. The Morgan fingerprint density at radius 2 is 1.80 bits per heavy atom. The molecule has 2 unspecified atom stereocenters. The van der Waals surface area contributed by atoms with Gasteiger partial charge >= 0.3 is 5.97 Å². The Kier molecular flexibility index (Phi) is 6.22. The quantitative estimate of drug-likeness (QED) is 0.482. The molecule has 11 heteroatoms. The summed E-state index contributed by atoms with van der Waals surface area (Å²) in [6, 6.07) is 4.15. The molecule has 1 aromatic rings. The van der Waals surface area contributed by atoms with Crippen LogP contribution in [-0.4, -0.2) is 49.7 Å². The maximum Gasteiger partial charge on any atom is 0.329 e. The lowest BCUT2D eigenvalue weighted by Gasteiger charge is -2.21. The van der Waals surface area contributed by atoms with Crippen LogP contribution in [0.5, 0.6) is 0 Å². The van der Waals surface area contributed by atoms with Gasteiger partial charge in [-0.2, -0.15) is 0 Å². The third-order valence-electron chi connectivity index (χ3n) is 5.40.